The monoisotopic (exact) mass is 274 g/mol. The first kappa shape index (κ1) is 14.9. The predicted octanol–water partition coefficient (Wildman–Crippen LogP) is 3.45. The molecule has 1 atom stereocenters. The van der Waals surface area contributed by atoms with Crippen LogP contribution in [0, 0.1) is 0 Å². The number of likely N-dealkylation sites (tertiary alicyclic amines) is 1. The van der Waals surface area contributed by atoms with Gasteiger partial charge in [-0.2, -0.15) is 0 Å². The summed E-state index contributed by atoms with van der Waals surface area (Å²) < 4.78 is 0. The first-order valence-electron chi connectivity index (χ1n) is 7.85. The van der Waals surface area contributed by atoms with E-state index in [1.54, 1.807) is 0 Å². The molecule has 20 heavy (non-hydrogen) atoms. The Morgan fingerprint density at radius 1 is 1.20 bits per heavy atom. The van der Waals surface area contributed by atoms with Gasteiger partial charge in [0.2, 0.25) is 5.91 Å². The summed E-state index contributed by atoms with van der Waals surface area (Å²) in [5, 5.41) is 3.32. The fourth-order valence-electron chi connectivity index (χ4n) is 2.76. The zero-order valence-electron chi connectivity index (χ0n) is 12.7. The van der Waals surface area contributed by atoms with Crippen molar-refractivity contribution in [2.45, 2.75) is 52.0 Å². The number of anilines is 1. The third-order valence-electron chi connectivity index (χ3n) is 3.91. The molecule has 3 nitrogen and oxygen atoms in total. The molecule has 1 amide bonds. The van der Waals surface area contributed by atoms with Crippen LogP contribution in [0.2, 0.25) is 0 Å². The summed E-state index contributed by atoms with van der Waals surface area (Å²) in [7, 11) is 0. The molecule has 0 radical (unpaired) electrons. The maximum absolute atomic E-state index is 12.3. The number of carbonyl (C=O) groups is 1. The summed E-state index contributed by atoms with van der Waals surface area (Å²) >= 11 is 0. The molecule has 1 saturated heterocycles. The maximum atomic E-state index is 12.3. The Balaban J connectivity index is 1.89. The van der Waals surface area contributed by atoms with Crippen LogP contribution in [-0.2, 0) is 11.2 Å². The lowest BCUT2D eigenvalue weighted by Crippen LogP contribution is -2.43. The summed E-state index contributed by atoms with van der Waals surface area (Å²) in [6, 6.07) is 8.29. The topological polar surface area (TPSA) is 32.3 Å². The fraction of sp³-hybridized carbons (Fsp3) is 0.588. The molecule has 2 rings (SSSR count). The second kappa shape index (κ2) is 7.32. The summed E-state index contributed by atoms with van der Waals surface area (Å²) in [5.74, 6) is 0.224. The number of rotatable bonds is 5. The number of piperidine rings is 1. The molecule has 0 saturated carbocycles. The van der Waals surface area contributed by atoms with Crippen molar-refractivity contribution in [1.29, 1.82) is 0 Å². The molecule has 110 valence electrons. The largest absolute Gasteiger partial charge is 0.374 e. The van der Waals surface area contributed by atoms with Crippen LogP contribution in [0.3, 0.4) is 0 Å². The van der Waals surface area contributed by atoms with Crippen LogP contribution in [0.4, 0.5) is 5.69 Å². The van der Waals surface area contributed by atoms with E-state index in [1.807, 2.05) is 11.8 Å². The average Bonchev–Trinajstić information content (AvgIpc) is 2.49. The number of nitrogens with one attached hydrogen (secondary N) is 1. The van der Waals surface area contributed by atoms with Crippen molar-refractivity contribution in [3.05, 3.63) is 29.8 Å². The van der Waals surface area contributed by atoms with Gasteiger partial charge in [0, 0.05) is 18.8 Å². The third-order valence-corrected chi connectivity index (χ3v) is 3.91. The van der Waals surface area contributed by atoms with Crippen LogP contribution in [-0.4, -0.2) is 29.9 Å². The fourth-order valence-corrected chi connectivity index (χ4v) is 2.76. The van der Waals surface area contributed by atoms with E-state index in [0.717, 1.165) is 44.5 Å². The van der Waals surface area contributed by atoms with E-state index in [1.165, 1.54) is 12.0 Å². The normalized spacial score (nSPS) is 16.8. The van der Waals surface area contributed by atoms with Crippen molar-refractivity contribution < 1.29 is 4.79 Å². The highest BCUT2D eigenvalue weighted by atomic mass is 16.2. The average molecular weight is 274 g/mol. The van der Waals surface area contributed by atoms with Crippen molar-refractivity contribution in [3.63, 3.8) is 0 Å². The molecular formula is C17H26N2O. The van der Waals surface area contributed by atoms with Gasteiger partial charge in [0.05, 0.1) is 0 Å². The minimum absolute atomic E-state index is 0.148. The summed E-state index contributed by atoms with van der Waals surface area (Å²) in [6.07, 6.45) is 5.82. The van der Waals surface area contributed by atoms with E-state index in [9.17, 15) is 4.79 Å². The summed E-state index contributed by atoms with van der Waals surface area (Å²) in [4.78, 5) is 14.3. The minimum Gasteiger partial charge on any atom is -0.374 e. The molecule has 0 aromatic heterocycles. The summed E-state index contributed by atoms with van der Waals surface area (Å²) in [5.41, 5.74) is 2.38. The molecule has 1 fully saturated rings. The van der Waals surface area contributed by atoms with Crippen molar-refractivity contribution in [2.24, 2.45) is 0 Å². The standard InChI is InChI=1S/C17H26N2O/c1-3-7-15-8-10-16(11-9-15)18-14(2)17(20)19-12-5-4-6-13-19/h8-11,14,18H,3-7,12-13H2,1-2H3. The van der Waals surface area contributed by atoms with Crippen LogP contribution in [0.1, 0.15) is 45.1 Å². The second-order valence-corrected chi connectivity index (χ2v) is 5.70. The van der Waals surface area contributed by atoms with Gasteiger partial charge in [0.25, 0.3) is 0 Å². The highest BCUT2D eigenvalue weighted by Gasteiger charge is 2.21. The Morgan fingerprint density at radius 3 is 2.45 bits per heavy atom. The van der Waals surface area contributed by atoms with Gasteiger partial charge in [-0.05, 0) is 50.3 Å². The predicted molar refractivity (Wildman–Crippen MR) is 84.0 cm³/mol. The molecule has 1 aliphatic heterocycles. The number of nitrogens with zero attached hydrogens (tertiary/aromatic N) is 1. The lowest BCUT2D eigenvalue weighted by Gasteiger charge is -2.29. The zero-order chi connectivity index (χ0) is 14.4. The SMILES string of the molecule is CCCc1ccc(NC(C)C(=O)N2CCCCC2)cc1. The molecule has 1 aromatic rings. The molecule has 1 N–H and O–H groups in total. The van der Waals surface area contributed by atoms with Crippen LogP contribution in [0.25, 0.3) is 0 Å². The molecule has 1 aromatic carbocycles. The molecular weight excluding hydrogens is 248 g/mol. The molecule has 0 bridgehead atoms. The third kappa shape index (κ3) is 3.99. The molecule has 1 unspecified atom stereocenters. The van der Waals surface area contributed by atoms with Gasteiger partial charge < -0.3 is 10.2 Å². The van der Waals surface area contributed by atoms with E-state index >= 15 is 0 Å². The van der Waals surface area contributed by atoms with Crippen LogP contribution in [0.15, 0.2) is 24.3 Å². The quantitative estimate of drug-likeness (QED) is 0.892. The second-order valence-electron chi connectivity index (χ2n) is 5.70. The summed E-state index contributed by atoms with van der Waals surface area (Å²) in [6.45, 7) is 5.98. The van der Waals surface area contributed by atoms with Crippen molar-refractivity contribution >= 4 is 11.6 Å². The van der Waals surface area contributed by atoms with E-state index in [-0.39, 0.29) is 11.9 Å². The maximum Gasteiger partial charge on any atom is 0.244 e. The van der Waals surface area contributed by atoms with E-state index in [2.05, 4.69) is 36.5 Å². The Morgan fingerprint density at radius 2 is 1.85 bits per heavy atom. The lowest BCUT2D eigenvalue weighted by molar-refractivity contribution is -0.132. The van der Waals surface area contributed by atoms with Crippen molar-refractivity contribution in [3.8, 4) is 0 Å². The number of hydrogen-bond acceptors (Lipinski definition) is 2. The lowest BCUT2D eigenvalue weighted by atomic mass is 10.1. The number of benzene rings is 1. The minimum atomic E-state index is -0.148. The Kier molecular flexibility index (Phi) is 5.45. The number of hydrogen-bond donors (Lipinski definition) is 1. The van der Waals surface area contributed by atoms with Gasteiger partial charge in [-0.25, -0.2) is 0 Å². The van der Waals surface area contributed by atoms with Crippen molar-refractivity contribution in [1.82, 2.24) is 4.90 Å². The van der Waals surface area contributed by atoms with Gasteiger partial charge in [-0.1, -0.05) is 25.5 Å². The van der Waals surface area contributed by atoms with Gasteiger partial charge >= 0.3 is 0 Å². The zero-order valence-corrected chi connectivity index (χ0v) is 12.7. The molecule has 1 aliphatic rings. The Labute approximate surface area is 122 Å². The number of aryl methyl sites for hydroxylation is 1. The highest BCUT2D eigenvalue weighted by molar-refractivity contribution is 5.84. The van der Waals surface area contributed by atoms with Gasteiger partial charge in [0.1, 0.15) is 6.04 Å². The Hall–Kier alpha value is -1.51. The van der Waals surface area contributed by atoms with Gasteiger partial charge in [-0.3, -0.25) is 4.79 Å². The molecule has 1 heterocycles. The van der Waals surface area contributed by atoms with Gasteiger partial charge in [0.15, 0.2) is 0 Å². The number of carbonyl (C=O) groups excluding carboxylic acids is 1. The first-order valence-corrected chi connectivity index (χ1v) is 7.85. The smallest absolute Gasteiger partial charge is 0.244 e. The Bertz CT molecular complexity index is 421. The van der Waals surface area contributed by atoms with E-state index in [4.69, 9.17) is 0 Å². The van der Waals surface area contributed by atoms with Crippen molar-refractivity contribution in [2.75, 3.05) is 18.4 Å². The number of amides is 1. The van der Waals surface area contributed by atoms with Gasteiger partial charge in [-0.15, -0.1) is 0 Å². The van der Waals surface area contributed by atoms with E-state index < -0.39 is 0 Å². The first-order chi connectivity index (χ1) is 9.70. The molecule has 3 heteroatoms. The van der Waals surface area contributed by atoms with Crippen LogP contribution >= 0.6 is 0 Å². The molecule has 0 spiro atoms. The van der Waals surface area contributed by atoms with E-state index in [0.29, 0.717) is 0 Å². The van der Waals surface area contributed by atoms with Crippen LogP contribution in [0.5, 0.6) is 0 Å². The van der Waals surface area contributed by atoms with Crippen LogP contribution < -0.4 is 5.32 Å². The highest BCUT2D eigenvalue weighted by Crippen LogP contribution is 2.15. The molecule has 0 aliphatic carbocycles.